The number of aliphatic hydroxyl groups is 2. The molecule has 0 aromatic carbocycles. The Bertz CT molecular complexity index is 1750. The van der Waals surface area contributed by atoms with Crippen molar-refractivity contribution in [3.05, 3.63) is 109 Å². The first-order valence-corrected chi connectivity index (χ1v) is 29.9. The van der Waals surface area contributed by atoms with Crippen LogP contribution in [0.4, 0.5) is 0 Å². The average Bonchev–Trinajstić information content (AvgIpc) is 3.42. The minimum absolute atomic E-state index is 0.00881. The second kappa shape index (κ2) is 52.1. The molecule has 77 heavy (non-hydrogen) atoms. The number of unbranched alkanes of at least 4 members (excludes halogenated alkanes) is 17. The largest absolute Gasteiger partial charge is 0.479 e. The van der Waals surface area contributed by atoms with Gasteiger partial charge in [0.1, 0.15) is 18.8 Å². The van der Waals surface area contributed by atoms with Crippen molar-refractivity contribution in [1.29, 1.82) is 0 Å². The first-order valence-electron chi connectivity index (χ1n) is 29.9. The maximum Gasteiger partial charge on any atom is 0.335 e. The molecule has 0 aromatic heterocycles. The molecular weight excluding hydrogens is 973 g/mol. The van der Waals surface area contributed by atoms with E-state index in [0.717, 1.165) is 89.9 Å². The third-order valence-corrected chi connectivity index (χ3v) is 12.9. The Balaban J connectivity index is 2.73. The Hall–Kier alpha value is -4.62. The quantitative estimate of drug-likeness (QED) is 0.0228. The molecule has 1 rings (SSSR count). The monoisotopic (exact) mass is 1080 g/mol. The molecule has 1 aliphatic rings. The van der Waals surface area contributed by atoms with Crippen LogP contribution in [0.2, 0.25) is 0 Å². The summed E-state index contributed by atoms with van der Waals surface area (Å²) in [5.41, 5.74) is 0. The summed E-state index contributed by atoms with van der Waals surface area (Å²) in [4.78, 5) is 51.1. The van der Waals surface area contributed by atoms with Gasteiger partial charge in [0, 0.05) is 19.3 Å². The number of carboxylic acids is 1. The van der Waals surface area contributed by atoms with Gasteiger partial charge in [-0.25, -0.2) is 4.79 Å². The lowest BCUT2D eigenvalue weighted by Crippen LogP contribution is -2.61. The third kappa shape index (κ3) is 42.1. The molecule has 6 unspecified atom stereocenters. The molecule has 1 aliphatic heterocycles. The number of carbonyl (C=O) groups is 4. The number of ether oxygens (including phenoxy) is 5. The van der Waals surface area contributed by atoms with Crippen molar-refractivity contribution in [2.75, 3.05) is 13.2 Å². The number of carboxylic acid groups (broad SMARTS) is 1. The Morgan fingerprint density at radius 1 is 0.442 bits per heavy atom. The zero-order chi connectivity index (χ0) is 56.1. The standard InChI is InChI=1S/C65H104O12/c1-4-7-10-13-16-19-22-25-27-28-29-30-32-35-38-41-44-47-50-53-59(68)76-63-61(70)60(69)62(64(71)72)77-65(63)74-55-56(75-58(67)52-49-46-43-40-37-33-24-21-18-15-12-9-6-3)54-73-57(66)51-48-45-42-39-36-34-31-26-23-20-17-14-11-8-5-2/h7,9-10,12,16,18-19,21,25,27,29-30,33,35,37-38,43,46,56,60-63,65,69-70H,4-6,8,11,13-15,17,20,22-24,26,28,31-32,34,36,39-42,44-45,47-55H2,1-3H3,(H,71,72)/b10-7-,12-9-,19-16-,21-18-,27-25-,30-29-,37-33-,38-35-,46-43-. The third-order valence-electron chi connectivity index (χ3n) is 12.9. The molecule has 0 aliphatic carbocycles. The summed E-state index contributed by atoms with van der Waals surface area (Å²) in [7, 11) is 0. The molecule has 3 N–H and O–H groups in total. The van der Waals surface area contributed by atoms with Crippen molar-refractivity contribution in [2.24, 2.45) is 0 Å². The maximum absolute atomic E-state index is 13.1. The van der Waals surface area contributed by atoms with E-state index < -0.39 is 67.3 Å². The van der Waals surface area contributed by atoms with Gasteiger partial charge in [-0.05, 0) is 89.9 Å². The lowest BCUT2D eigenvalue weighted by atomic mass is 9.98. The highest BCUT2D eigenvalue weighted by atomic mass is 16.7. The average molecular weight is 1080 g/mol. The molecule has 0 amide bonds. The van der Waals surface area contributed by atoms with Gasteiger partial charge in [-0.1, -0.05) is 226 Å². The number of aliphatic carboxylic acids is 1. The molecule has 12 heteroatoms. The first-order chi connectivity index (χ1) is 37.6. The van der Waals surface area contributed by atoms with Crippen LogP contribution in [0.5, 0.6) is 0 Å². The number of hydrogen-bond donors (Lipinski definition) is 3. The number of rotatable bonds is 49. The number of esters is 3. The smallest absolute Gasteiger partial charge is 0.335 e. The normalized spacial score (nSPS) is 18.8. The van der Waals surface area contributed by atoms with Crippen LogP contribution < -0.4 is 0 Å². The molecule has 0 saturated carbocycles. The number of allylic oxidation sites excluding steroid dienone is 18. The Kier molecular flexibility index (Phi) is 47.6. The lowest BCUT2D eigenvalue weighted by Gasteiger charge is -2.40. The van der Waals surface area contributed by atoms with Gasteiger partial charge in [0.2, 0.25) is 0 Å². The van der Waals surface area contributed by atoms with E-state index in [1.807, 2.05) is 12.2 Å². The van der Waals surface area contributed by atoms with Crippen molar-refractivity contribution < 1.29 is 58.2 Å². The van der Waals surface area contributed by atoms with Gasteiger partial charge in [-0.15, -0.1) is 0 Å². The summed E-state index contributed by atoms with van der Waals surface area (Å²) in [5.74, 6) is -3.28. The summed E-state index contributed by atoms with van der Waals surface area (Å²) >= 11 is 0. The molecule has 1 saturated heterocycles. The number of aliphatic hydroxyl groups excluding tert-OH is 2. The fourth-order valence-corrected chi connectivity index (χ4v) is 8.35. The van der Waals surface area contributed by atoms with Crippen LogP contribution in [0.25, 0.3) is 0 Å². The molecule has 1 heterocycles. The van der Waals surface area contributed by atoms with Crippen molar-refractivity contribution >= 4 is 23.9 Å². The van der Waals surface area contributed by atoms with E-state index in [4.69, 9.17) is 23.7 Å². The Morgan fingerprint density at radius 3 is 1.30 bits per heavy atom. The van der Waals surface area contributed by atoms with Crippen LogP contribution in [0.1, 0.15) is 226 Å². The van der Waals surface area contributed by atoms with Crippen LogP contribution in [0.15, 0.2) is 109 Å². The highest BCUT2D eigenvalue weighted by Gasteiger charge is 2.50. The molecule has 6 atom stereocenters. The summed E-state index contributed by atoms with van der Waals surface area (Å²) < 4.78 is 28.3. The van der Waals surface area contributed by atoms with Gasteiger partial charge < -0.3 is 39.0 Å². The van der Waals surface area contributed by atoms with Crippen molar-refractivity contribution in [3.63, 3.8) is 0 Å². The van der Waals surface area contributed by atoms with Gasteiger partial charge in [0.25, 0.3) is 0 Å². The summed E-state index contributed by atoms with van der Waals surface area (Å²) in [5, 5.41) is 31.5. The van der Waals surface area contributed by atoms with Crippen molar-refractivity contribution in [2.45, 2.75) is 263 Å². The van der Waals surface area contributed by atoms with E-state index in [1.165, 1.54) is 70.6 Å². The van der Waals surface area contributed by atoms with E-state index >= 15 is 0 Å². The first kappa shape index (κ1) is 70.4. The molecule has 12 nitrogen and oxygen atoms in total. The summed E-state index contributed by atoms with van der Waals surface area (Å²) in [6.07, 6.45) is 57.9. The predicted molar refractivity (Wildman–Crippen MR) is 312 cm³/mol. The minimum Gasteiger partial charge on any atom is -0.479 e. The Labute approximate surface area is 465 Å². The second-order valence-corrected chi connectivity index (χ2v) is 19.9. The van der Waals surface area contributed by atoms with Crippen LogP contribution in [-0.4, -0.2) is 89.2 Å². The van der Waals surface area contributed by atoms with E-state index in [0.29, 0.717) is 25.7 Å². The van der Waals surface area contributed by atoms with Gasteiger partial charge in [-0.2, -0.15) is 0 Å². The molecule has 0 bridgehead atoms. The number of carbonyl (C=O) groups excluding carboxylic acids is 3. The minimum atomic E-state index is -1.93. The second-order valence-electron chi connectivity index (χ2n) is 19.9. The highest BCUT2D eigenvalue weighted by Crippen LogP contribution is 2.26. The predicted octanol–water partition coefficient (Wildman–Crippen LogP) is 15.4. The van der Waals surface area contributed by atoms with Gasteiger partial charge in [-0.3, -0.25) is 14.4 Å². The Morgan fingerprint density at radius 2 is 0.844 bits per heavy atom. The molecule has 0 spiro atoms. The molecule has 0 aromatic rings. The van der Waals surface area contributed by atoms with E-state index in [1.54, 1.807) is 0 Å². The molecule has 436 valence electrons. The van der Waals surface area contributed by atoms with Crippen LogP contribution in [0, 0.1) is 0 Å². The summed E-state index contributed by atoms with van der Waals surface area (Å²) in [6.45, 7) is 5.69. The highest BCUT2D eigenvalue weighted by molar-refractivity contribution is 5.74. The van der Waals surface area contributed by atoms with Crippen molar-refractivity contribution in [3.8, 4) is 0 Å². The van der Waals surface area contributed by atoms with Gasteiger partial charge >= 0.3 is 23.9 Å². The van der Waals surface area contributed by atoms with Crippen LogP contribution >= 0.6 is 0 Å². The zero-order valence-corrected chi connectivity index (χ0v) is 47.9. The SMILES string of the molecule is CC/C=C\C/C=C\C/C=C\C/C=C\C/C=C\CCCCCC(=O)OC1C(OCC(COC(=O)CCCCCCCCCCCCCCCCC)OC(=O)CC/C=C\C/C=C\C/C=C\C/C=C\CC)OC(C(=O)O)C(O)C1O. The fraction of sp³-hybridized carbons (Fsp3) is 0.662. The lowest BCUT2D eigenvalue weighted by molar-refractivity contribution is -0.301. The van der Waals surface area contributed by atoms with E-state index in [-0.39, 0.29) is 25.9 Å². The van der Waals surface area contributed by atoms with Gasteiger partial charge in [0.15, 0.2) is 24.6 Å². The van der Waals surface area contributed by atoms with E-state index in [2.05, 4.69) is 118 Å². The maximum atomic E-state index is 13.1. The van der Waals surface area contributed by atoms with Gasteiger partial charge in [0.05, 0.1) is 6.61 Å². The van der Waals surface area contributed by atoms with Crippen LogP contribution in [-0.2, 0) is 42.9 Å². The number of hydrogen-bond acceptors (Lipinski definition) is 11. The van der Waals surface area contributed by atoms with Crippen molar-refractivity contribution in [1.82, 2.24) is 0 Å². The topological polar surface area (TPSA) is 175 Å². The van der Waals surface area contributed by atoms with Crippen LogP contribution in [0.3, 0.4) is 0 Å². The summed E-state index contributed by atoms with van der Waals surface area (Å²) in [6, 6.07) is 0. The zero-order valence-electron chi connectivity index (χ0n) is 47.9. The molecule has 1 fully saturated rings. The fourth-order valence-electron chi connectivity index (χ4n) is 8.35. The molecular formula is C65H104O12. The molecule has 0 radical (unpaired) electrons. The van der Waals surface area contributed by atoms with E-state index in [9.17, 15) is 34.5 Å².